The van der Waals surface area contributed by atoms with Crippen molar-refractivity contribution in [3.8, 4) is 0 Å². The maximum absolute atomic E-state index is 12.9. The van der Waals surface area contributed by atoms with E-state index >= 15 is 0 Å². The second-order valence-electron chi connectivity index (χ2n) is 9.79. The molecule has 0 N–H and O–H groups in total. The molecule has 0 amide bonds. The molecule has 3 nitrogen and oxygen atoms in total. The average molecular weight is 548 g/mol. The van der Waals surface area contributed by atoms with Gasteiger partial charge >= 0.3 is 6.18 Å². The fourth-order valence-electron chi connectivity index (χ4n) is 3.86. The van der Waals surface area contributed by atoms with Crippen molar-refractivity contribution in [1.29, 1.82) is 0 Å². The van der Waals surface area contributed by atoms with Crippen molar-refractivity contribution in [3.63, 3.8) is 0 Å². The second kappa shape index (κ2) is 22.2. The van der Waals surface area contributed by atoms with E-state index in [4.69, 9.17) is 0 Å². The van der Waals surface area contributed by atoms with E-state index in [-0.39, 0.29) is 12.8 Å². The number of likely N-dealkylation sites (N-methyl/N-ethyl adjacent to an activating group) is 1. The first kappa shape index (κ1) is 36.4. The zero-order valence-corrected chi connectivity index (χ0v) is 25.2. The lowest BCUT2D eigenvalue weighted by atomic mass is 10.1. The summed E-state index contributed by atoms with van der Waals surface area (Å²) in [5.41, 5.74) is 3.17. The van der Waals surface area contributed by atoms with Gasteiger partial charge in [-0.3, -0.25) is 4.99 Å². The summed E-state index contributed by atoms with van der Waals surface area (Å²) in [5.74, 6) is 0.678. The van der Waals surface area contributed by atoms with Crippen molar-refractivity contribution in [2.75, 3.05) is 40.8 Å². The van der Waals surface area contributed by atoms with Gasteiger partial charge in [0, 0.05) is 39.5 Å². The third kappa shape index (κ3) is 21.0. The Labute approximate surface area is 237 Å². The highest BCUT2D eigenvalue weighted by Crippen LogP contribution is 2.23. The second-order valence-corrected chi connectivity index (χ2v) is 9.79. The van der Waals surface area contributed by atoms with Gasteiger partial charge in [0.15, 0.2) is 0 Å². The van der Waals surface area contributed by atoms with Crippen LogP contribution >= 0.6 is 0 Å². The quantitative estimate of drug-likeness (QED) is 0.0528. The molecule has 0 bridgehead atoms. The number of hydrogen-bond acceptors (Lipinski definition) is 2. The first-order valence-electron chi connectivity index (χ1n) is 14.2. The third-order valence-corrected chi connectivity index (χ3v) is 5.63. The molecule has 0 atom stereocenters. The molecule has 0 rings (SSSR count). The lowest BCUT2D eigenvalue weighted by molar-refractivity contribution is -0.135. The predicted octanol–water partition coefficient (Wildman–Crippen LogP) is 9.25. The highest BCUT2D eigenvalue weighted by atomic mass is 19.4. The monoisotopic (exact) mass is 547 g/mol. The van der Waals surface area contributed by atoms with Gasteiger partial charge in [0.1, 0.15) is 0 Å². The first-order chi connectivity index (χ1) is 18.6. The number of nitrogens with zero attached hydrogens (tertiary/aromatic N) is 3. The van der Waals surface area contributed by atoms with Crippen LogP contribution in [0.15, 0.2) is 89.1 Å². The van der Waals surface area contributed by atoms with E-state index < -0.39 is 12.6 Å². The largest absolute Gasteiger partial charge is 0.389 e. The molecule has 0 aromatic carbocycles. The molecule has 0 aliphatic carbocycles. The lowest BCUT2D eigenvalue weighted by Crippen LogP contribution is -2.33. The number of aliphatic imine (C=N–C) groups is 1. The van der Waals surface area contributed by atoms with Crippen molar-refractivity contribution in [2.45, 2.75) is 78.3 Å². The van der Waals surface area contributed by atoms with Gasteiger partial charge in [-0.2, -0.15) is 13.2 Å². The van der Waals surface area contributed by atoms with Crippen molar-refractivity contribution in [3.05, 3.63) is 84.1 Å². The summed E-state index contributed by atoms with van der Waals surface area (Å²) in [7, 11) is 5.66. The molecule has 0 heterocycles. The Kier molecular flexibility index (Phi) is 20.8. The van der Waals surface area contributed by atoms with E-state index in [1.165, 1.54) is 0 Å². The Bertz CT molecular complexity index is 884. The molecule has 0 spiro atoms. The van der Waals surface area contributed by atoms with Gasteiger partial charge in [-0.05, 0) is 69.3 Å². The number of unbranched alkanes of at least 4 members (excludes halogenated alkanes) is 1. The minimum absolute atomic E-state index is 0.0171. The molecule has 0 saturated carbocycles. The van der Waals surface area contributed by atoms with Gasteiger partial charge in [-0.25, -0.2) is 0 Å². The molecule has 0 fully saturated rings. The van der Waals surface area contributed by atoms with Crippen molar-refractivity contribution >= 4 is 5.84 Å². The molecule has 6 heteroatoms. The van der Waals surface area contributed by atoms with Crippen LogP contribution in [0.2, 0.25) is 0 Å². The van der Waals surface area contributed by atoms with E-state index in [1.807, 2.05) is 14.1 Å². The number of allylic oxidation sites excluding steroid dienone is 8. The smallest absolute Gasteiger partial charge is 0.352 e. The van der Waals surface area contributed by atoms with Gasteiger partial charge in [0.25, 0.3) is 0 Å². The van der Waals surface area contributed by atoms with Crippen LogP contribution in [0.25, 0.3) is 0 Å². The molecule has 39 heavy (non-hydrogen) atoms. The van der Waals surface area contributed by atoms with Crippen LogP contribution in [0, 0.1) is 0 Å². The number of hydrogen-bond donors (Lipinski definition) is 0. The van der Waals surface area contributed by atoms with Gasteiger partial charge in [-0.15, -0.1) is 0 Å². The van der Waals surface area contributed by atoms with Crippen LogP contribution in [0.4, 0.5) is 13.2 Å². The summed E-state index contributed by atoms with van der Waals surface area (Å²) in [5, 5.41) is 0. The maximum atomic E-state index is 12.9. The Morgan fingerprint density at radius 1 is 0.846 bits per heavy atom. The van der Waals surface area contributed by atoms with E-state index in [2.05, 4.69) is 103 Å². The van der Waals surface area contributed by atoms with E-state index in [1.54, 1.807) is 7.05 Å². The standard InChI is InChI=1S/C33H52F3N3/c1-8-11-14-15-16-21-30(19-12-9-2)22-18-25-39(32(37-5)23-17-24-33(34,35)36)28-31(20-13-10-3)26-29(4)27-38(6)7/h11-14,18-22,26H,4,8-10,15-17,23-25,27-28H2,1-3,5-7H3/b14-11+,19-12-,20-13-,22-18+,30-21+,31-26+,37-32-. The number of rotatable bonds is 19. The molecule has 0 aromatic heterocycles. The Morgan fingerprint density at radius 3 is 2.08 bits per heavy atom. The molecule has 0 saturated heterocycles. The zero-order valence-electron chi connectivity index (χ0n) is 25.2. The van der Waals surface area contributed by atoms with Gasteiger partial charge in [-0.1, -0.05) is 88.1 Å². The topological polar surface area (TPSA) is 18.8 Å². The molecular formula is C33H52F3N3. The van der Waals surface area contributed by atoms with E-state index in [0.29, 0.717) is 18.9 Å². The zero-order chi connectivity index (χ0) is 29.5. The lowest BCUT2D eigenvalue weighted by Gasteiger charge is -2.26. The van der Waals surface area contributed by atoms with Crippen molar-refractivity contribution in [1.82, 2.24) is 9.80 Å². The molecule has 0 aliphatic heterocycles. The summed E-state index contributed by atoms with van der Waals surface area (Å²) < 4.78 is 38.6. The Balaban J connectivity index is 5.99. The minimum atomic E-state index is -4.17. The van der Waals surface area contributed by atoms with Crippen LogP contribution in [0.1, 0.15) is 72.1 Å². The Morgan fingerprint density at radius 2 is 1.49 bits per heavy atom. The Hall–Kier alpha value is -2.60. The molecule has 0 unspecified atom stereocenters. The SMILES string of the molecule is C=C(/C=C(\C=C/CC)CN(C/C=C/C(/C=C\CC)=C/CC/C=C/CC)/C(CCCC(F)(F)F)=N\C)CN(C)C. The number of amidine groups is 1. The van der Waals surface area contributed by atoms with Gasteiger partial charge < -0.3 is 9.80 Å². The molecule has 0 aromatic rings. The van der Waals surface area contributed by atoms with Gasteiger partial charge in [0.2, 0.25) is 0 Å². The molecule has 220 valence electrons. The number of alkyl halides is 3. The van der Waals surface area contributed by atoms with Crippen LogP contribution in [-0.4, -0.2) is 62.6 Å². The minimum Gasteiger partial charge on any atom is -0.352 e. The normalized spacial score (nSPS) is 14.3. The highest BCUT2D eigenvalue weighted by molar-refractivity contribution is 5.82. The van der Waals surface area contributed by atoms with E-state index in [9.17, 15) is 13.2 Å². The summed E-state index contributed by atoms with van der Waals surface area (Å²) in [4.78, 5) is 8.56. The van der Waals surface area contributed by atoms with Crippen molar-refractivity contribution < 1.29 is 13.2 Å². The highest BCUT2D eigenvalue weighted by Gasteiger charge is 2.26. The first-order valence-corrected chi connectivity index (χ1v) is 14.2. The molecule has 0 radical (unpaired) electrons. The van der Waals surface area contributed by atoms with E-state index in [0.717, 1.165) is 55.4 Å². The van der Waals surface area contributed by atoms with Crippen LogP contribution in [0.5, 0.6) is 0 Å². The summed E-state index contributed by atoms with van der Waals surface area (Å²) >= 11 is 0. The number of halogens is 3. The fraction of sp³-hybridized carbons (Fsp3) is 0.545. The van der Waals surface area contributed by atoms with Crippen LogP contribution in [-0.2, 0) is 0 Å². The van der Waals surface area contributed by atoms with Crippen LogP contribution < -0.4 is 0 Å². The average Bonchev–Trinajstić information content (AvgIpc) is 2.86. The summed E-state index contributed by atoms with van der Waals surface area (Å²) in [6.07, 6.45) is 21.5. The van der Waals surface area contributed by atoms with Gasteiger partial charge in [0.05, 0.1) is 5.84 Å². The predicted molar refractivity (Wildman–Crippen MR) is 165 cm³/mol. The third-order valence-electron chi connectivity index (χ3n) is 5.63. The summed E-state index contributed by atoms with van der Waals surface area (Å²) in [6.45, 7) is 12.3. The maximum Gasteiger partial charge on any atom is 0.389 e. The fourth-order valence-corrected chi connectivity index (χ4v) is 3.86. The van der Waals surface area contributed by atoms with Crippen LogP contribution in [0.3, 0.4) is 0 Å². The molecule has 0 aliphatic rings. The summed E-state index contributed by atoms with van der Waals surface area (Å²) in [6, 6.07) is 0. The van der Waals surface area contributed by atoms with Crippen molar-refractivity contribution in [2.24, 2.45) is 4.99 Å². The molecular weight excluding hydrogens is 495 g/mol.